The Labute approximate surface area is 110 Å². The summed E-state index contributed by atoms with van der Waals surface area (Å²) in [7, 11) is 0. The van der Waals surface area contributed by atoms with Crippen LogP contribution in [0.5, 0.6) is 0 Å². The predicted octanol–water partition coefficient (Wildman–Crippen LogP) is 4.02. The van der Waals surface area contributed by atoms with Gasteiger partial charge in [-0.15, -0.1) is 0 Å². The predicted molar refractivity (Wildman–Crippen MR) is 78.5 cm³/mol. The first-order chi connectivity index (χ1) is 8.54. The second-order valence-electron chi connectivity index (χ2n) is 5.55. The normalized spacial score (nSPS) is 11.5. The molecule has 0 amide bonds. The molecule has 0 fully saturated rings. The zero-order valence-electron chi connectivity index (χ0n) is 11.2. The average Bonchev–Trinajstić information content (AvgIpc) is 2.37. The minimum absolute atomic E-state index is 0.0852. The van der Waals surface area contributed by atoms with Crippen molar-refractivity contribution in [2.45, 2.75) is 32.2 Å². The Kier molecular flexibility index (Phi) is 3.83. The van der Waals surface area contributed by atoms with Gasteiger partial charge in [-0.2, -0.15) is 0 Å². The van der Waals surface area contributed by atoms with Crippen LogP contribution < -0.4 is 5.73 Å². The first-order valence-electron chi connectivity index (χ1n) is 6.48. The van der Waals surface area contributed by atoms with E-state index >= 15 is 0 Å². The minimum Gasteiger partial charge on any atom is -0.326 e. The van der Waals surface area contributed by atoms with Crippen LogP contribution in [0.25, 0.3) is 11.1 Å². The second-order valence-corrected chi connectivity index (χ2v) is 5.55. The molecule has 0 aliphatic heterocycles. The van der Waals surface area contributed by atoms with Gasteiger partial charge in [-0.3, -0.25) is 0 Å². The monoisotopic (exact) mass is 239 g/mol. The number of hydrogen-bond donors (Lipinski definition) is 1. The molecule has 0 saturated heterocycles. The molecule has 1 heteroatoms. The maximum atomic E-state index is 6.00. The van der Waals surface area contributed by atoms with E-state index in [9.17, 15) is 0 Å². The van der Waals surface area contributed by atoms with Gasteiger partial charge in [0.15, 0.2) is 0 Å². The minimum atomic E-state index is -0.0852. The quantitative estimate of drug-likeness (QED) is 0.856. The van der Waals surface area contributed by atoms with Gasteiger partial charge in [0.05, 0.1) is 0 Å². The Bertz CT molecular complexity index is 477. The second kappa shape index (κ2) is 5.36. The number of aryl methyl sites for hydroxylation is 1. The molecule has 0 atom stereocenters. The molecule has 2 aromatic carbocycles. The fourth-order valence-corrected chi connectivity index (χ4v) is 1.96. The molecule has 0 radical (unpaired) electrons. The highest BCUT2D eigenvalue weighted by Crippen LogP contribution is 2.20. The molecule has 0 spiro atoms. The van der Waals surface area contributed by atoms with Crippen molar-refractivity contribution >= 4 is 0 Å². The Morgan fingerprint density at radius 3 is 1.94 bits per heavy atom. The van der Waals surface area contributed by atoms with Crippen LogP contribution in [0.4, 0.5) is 0 Å². The fourth-order valence-electron chi connectivity index (χ4n) is 1.96. The maximum Gasteiger partial charge on any atom is 0.0100 e. The first-order valence-corrected chi connectivity index (χ1v) is 6.48. The molecule has 0 saturated carbocycles. The molecule has 2 N–H and O–H groups in total. The molecule has 2 rings (SSSR count). The summed E-state index contributed by atoms with van der Waals surface area (Å²) in [6, 6.07) is 19.2. The van der Waals surface area contributed by atoms with Gasteiger partial charge in [-0.1, -0.05) is 54.6 Å². The summed E-state index contributed by atoms with van der Waals surface area (Å²) in [6.45, 7) is 4.15. The standard InChI is InChI=1S/C17H21N/c1-17(2,18)13-12-14-8-10-16(11-9-14)15-6-4-3-5-7-15/h3-11H,12-13,18H2,1-2H3. The Hall–Kier alpha value is -1.60. The van der Waals surface area contributed by atoms with Crippen LogP contribution in [0, 0.1) is 0 Å². The van der Waals surface area contributed by atoms with E-state index in [0.29, 0.717) is 0 Å². The third-order valence-corrected chi connectivity index (χ3v) is 3.12. The van der Waals surface area contributed by atoms with Gasteiger partial charge < -0.3 is 5.73 Å². The van der Waals surface area contributed by atoms with Crippen molar-refractivity contribution in [1.29, 1.82) is 0 Å². The highest BCUT2D eigenvalue weighted by atomic mass is 14.7. The number of rotatable bonds is 4. The Balaban J connectivity index is 2.07. The van der Waals surface area contributed by atoms with E-state index in [0.717, 1.165) is 12.8 Å². The average molecular weight is 239 g/mol. The summed E-state index contributed by atoms with van der Waals surface area (Å²) in [4.78, 5) is 0. The molecule has 0 aromatic heterocycles. The molecule has 18 heavy (non-hydrogen) atoms. The lowest BCUT2D eigenvalue weighted by atomic mass is 9.95. The van der Waals surface area contributed by atoms with E-state index in [-0.39, 0.29) is 5.54 Å². The van der Waals surface area contributed by atoms with E-state index in [2.05, 4.69) is 62.4 Å². The smallest absolute Gasteiger partial charge is 0.0100 e. The van der Waals surface area contributed by atoms with E-state index in [1.165, 1.54) is 16.7 Å². The van der Waals surface area contributed by atoms with Gasteiger partial charge >= 0.3 is 0 Å². The fraction of sp³-hybridized carbons (Fsp3) is 0.294. The topological polar surface area (TPSA) is 26.0 Å². The zero-order valence-corrected chi connectivity index (χ0v) is 11.2. The molecule has 0 aliphatic carbocycles. The number of benzene rings is 2. The van der Waals surface area contributed by atoms with Crippen LogP contribution in [0.15, 0.2) is 54.6 Å². The van der Waals surface area contributed by atoms with Crippen molar-refractivity contribution < 1.29 is 0 Å². The maximum absolute atomic E-state index is 6.00. The third-order valence-electron chi connectivity index (χ3n) is 3.12. The summed E-state index contributed by atoms with van der Waals surface area (Å²) >= 11 is 0. The third kappa shape index (κ3) is 3.71. The van der Waals surface area contributed by atoms with Crippen LogP contribution in [0.1, 0.15) is 25.8 Å². The largest absolute Gasteiger partial charge is 0.326 e. The summed E-state index contributed by atoms with van der Waals surface area (Å²) in [5.74, 6) is 0. The van der Waals surface area contributed by atoms with E-state index in [4.69, 9.17) is 5.73 Å². The van der Waals surface area contributed by atoms with Gasteiger partial charge in [-0.25, -0.2) is 0 Å². The summed E-state index contributed by atoms with van der Waals surface area (Å²) in [5.41, 5.74) is 9.81. The van der Waals surface area contributed by atoms with Gasteiger partial charge in [0.2, 0.25) is 0 Å². The van der Waals surface area contributed by atoms with Crippen molar-refractivity contribution in [3.8, 4) is 11.1 Å². The molecule has 2 aromatic rings. The summed E-state index contributed by atoms with van der Waals surface area (Å²) in [5, 5.41) is 0. The molecular weight excluding hydrogens is 218 g/mol. The van der Waals surface area contributed by atoms with E-state index < -0.39 is 0 Å². The van der Waals surface area contributed by atoms with Gasteiger partial charge in [0.1, 0.15) is 0 Å². The van der Waals surface area contributed by atoms with Crippen LogP contribution >= 0.6 is 0 Å². The lowest BCUT2D eigenvalue weighted by Gasteiger charge is -2.18. The first kappa shape index (κ1) is 12.8. The van der Waals surface area contributed by atoms with Crippen molar-refractivity contribution in [2.24, 2.45) is 5.73 Å². The highest BCUT2D eigenvalue weighted by molar-refractivity contribution is 5.63. The van der Waals surface area contributed by atoms with E-state index in [1.54, 1.807) is 0 Å². The zero-order chi connectivity index (χ0) is 13.0. The van der Waals surface area contributed by atoms with Crippen molar-refractivity contribution in [2.75, 3.05) is 0 Å². The van der Waals surface area contributed by atoms with Crippen molar-refractivity contribution in [3.05, 3.63) is 60.2 Å². The Morgan fingerprint density at radius 2 is 1.39 bits per heavy atom. The SMILES string of the molecule is CC(C)(N)CCc1ccc(-c2ccccc2)cc1. The molecule has 0 heterocycles. The van der Waals surface area contributed by atoms with Crippen LogP contribution in [0.2, 0.25) is 0 Å². The van der Waals surface area contributed by atoms with Crippen molar-refractivity contribution in [3.63, 3.8) is 0 Å². The molecule has 1 nitrogen and oxygen atoms in total. The molecule has 0 unspecified atom stereocenters. The van der Waals surface area contributed by atoms with Gasteiger partial charge in [0.25, 0.3) is 0 Å². The lowest BCUT2D eigenvalue weighted by molar-refractivity contribution is 0.477. The number of hydrogen-bond acceptors (Lipinski definition) is 1. The summed E-state index contributed by atoms with van der Waals surface area (Å²) < 4.78 is 0. The van der Waals surface area contributed by atoms with Gasteiger partial charge in [-0.05, 0) is 43.4 Å². The molecule has 0 bridgehead atoms. The molecular formula is C17H21N. The van der Waals surface area contributed by atoms with Gasteiger partial charge in [0, 0.05) is 5.54 Å². The van der Waals surface area contributed by atoms with Crippen LogP contribution in [0.3, 0.4) is 0 Å². The Morgan fingerprint density at radius 1 is 0.833 bits per heavy atom. The molecule has 94 valence electrons. The summed E-state index contributed by atoms with van der Waals surface area (Å²) in [6.07, 6.45) is 2.05. The number of nitrogens with two attached hydrogens (primary N) is 1. The van der Waals surface area contributed by atoms with Crippen molar-refractivity contribution in [1.82, 2.24) is 0 Å². The van der Waals surface area contributed by atoms with Crippen LogP contribution in [-0.2, 0) is 6.42 Å². The van der Waals surface area contributed by atoms with Crippen LogP contribution in [-0.4, -0.2) is 5.54 Å². The highest BCUT2D eigenvalue weighted by Gasteiger charge is 2.10. The lowest BCUT2D eigenvalue weighted by Crippen LogP contribution is -2.32. The molecule has 0 aliphatic rings. The van der Waals surface area contributed by atoms with E-state index in [1.807, 2.05) is 6.07 Å².